The molecule has 24 heavy (non-hydrogen) atoms. The van der Waals surface area contributed by atoms with Gasteiger partial charge < -0.3 is 9.64 Å². The van der Waals surface area contributed by atoms with Crippen molar-refractivity contribution in [2.24, 2.45) is 5.41 Å². The molecule has 6 nitrogen and oxygen atoms in total. The SMILES string of the molecule is COc1nnc(NC(=O)N2CC3(CCCC3)C2c2ccccc2)s1. The number of anilines is 1. The lowest BCUT2D eigenvalue weighted by molar-refractivity contribution is -0.0353. The van der Waals surface area contributed by atoms with Crippen molar-refractivity contribution in [1.29, 1.82) is 0 Å². The van der Waals surface area contributed by atoms with Crippen LogP contribution in [0.2, 0.25) is 0 Å². The maximum absolute atomic E-state index is 12.7. The summed E-state index contributed by atoms with van der Waals surface area (Å²) in [6.45, 7) is 0.814. The number of likely N-dealkylation sites (tertiary alicyclic amines) is 1. The van der Waals surface area contributed by atoms with Gasteiger partial charge in [0.15, 0.2) is 0 Å². The van der Waals surface area contributed by atoms with Crippen LogP contribution >= 0.6 is 11.3 Å². The normalized spacial score (nSPS) is 21.5. The molecule has 2 amide bonds. The lowest BCUT2D eigenvalue weighted by Crippen LogP contribution is -2.60. The molecule has 2 heterocycles. The maximum Gasteiger partial charge on any atom is 0.324 e. The van der Waals surface area contributed by atoms with Crippen LogP contribution in [0, 0.1) is 5.41 Å². The molecule has 126 valence electrons. The molecule has 1 saturated carbocycles. The van der Waals surface area contributed by atoms with Gasteiger partial charge in [-0.2, -0.15) is 0 Å². The Morgan fingerprint density at radius 2 is 2.04 bits per heavy atom. The number of hydrogen-bond donors (Lipinski definition) is 1. The molecule has 7 heteroatoms. The molecule has 2 aliphatic rings. The second kappa shape index (κ2) is 6.05. The molecule has 0 radical (unpaired) electrons. The highest BCUT2D eigenvalue weighted by molar-refractivity contribution is 7.17. The van der Waals surface area contributed by atoms with Gasteiger partial charge in [0.1, 0.15) is 0 Å². The molecular weight excluding hydrogens is 324 g/mol. The Bertz CT molecular complexity index is 727. The molecular formula is C17H20N4O2S. The number of rotatable bonds is 3. The molecule has 1 aliphatic heterocycles. The average molecular weight is 344 g/mol. The van der Waals surface area contributed by atoms with Gasteiger partial charge in [0.05, 0.1) is 13.2 Å². The van der Waals surface area contributed by atoms with E-state index in [0.29, 0.717) is 10.3 Å². The number of hydrogen-bond acceptors (Lipinski definition) is 5. The van der Waals surface area contributed by atoms with Crippen molar-refractivity contribution < 1.29 is 9.53 Å². The van der Waals surface area contributed by atoms with Gasteiger partial charge in [-0.1, -0.05) is 48.3 Å². The zero-order chi connectivity index (χ0) is 16.6. The van der Waals surface area contributed by atoms with Crippen LogP contribution < -0.4 is 10.1 Å². The Hall–Kier alpha value is -2.15. The van der Waals surface area contributed by atoms with Crippen molar-refractivity contribution in [2.75, 3.05) is 19.0 Å². The fourth-order valence-electron chi connectivity index (χ4n) is 4.11. The highest BCUT2D eigenvalue weighted by Crippen LogP contribution is 2.58. The number of nitrogens with zero attached hydrogens (tertiary/aromatic N) is 3. The lowest BCUT2D eigenvalue weighted by Gasteiger charge is -2.56. The van der Waals surface area contributed by atoms with E-state index in [1.165, 1.54) is 49.7 Å². The first-order valence-electron chi connectivity index (χ1n) is 8.22. The van der Waals surface area contributed by atoms with Crippen LogP contribution in [0.3, 0.4) is 0 Å². The maximum atomic E-state index is 12.7. The number of benzene rings is 1. The first-order chi connectivity index (χ1) is 11.7. The third kappa shape index (κ3) is 2.53. The minimum absolute atomic E-state index is 0.111. The van der Waals surface area contributed by atoms with Crippen LogP contribution in [-0.4, -0.2) is 34.8 Å². The third-order valence-corrected chi connectivity index (χ3v) is 5.95. The van der Waals surface area contributed by atoms with E-state index in [2.05, 4.69) is 27.6 Å². The second-order valence-electron chi connectivity index (χ2n) is 6.52. The number of urea groups is 1. The molecule has 2 aromatic rings. The van der Waals surface area contributed by atoms with E-state index < -0.39 is 0 Å². The fourth-order valence-corrected chi connectivity index (χ4v) is 4.66. The summed E-state index contributed by atoms with van der Waals surface area (Å²) >= 11 is 1.23. The van der Waals surface area contributed by atoms with E-state index in [1.807, 2.05) is 23.1 Å². The first-order valence-corrected chi connectivity index (χ1v) is 9.04. The molecule has 1 spiro atoms. The van der Waals surface area contributed by atoms with Crippen LogP contribution in [0.4, 0.5) is 9.93 Å². The van der Waals surface area contributed by atoms with E-state index in [-0.39, 0.29) is 17.5 Å². The van der Waals surface area contributed by atoms with Gasteiger partial charge in [-0.3, -0.25) is 5.32 Å². The molecule has 4 rings (SSSR count). The quantitative estimate of drug-likeness (QED) is 0.922. The Balaban J connectivity index is 1.54. The van der Waals surface area contributed by atoms with Crippen molar-refractivity contribution in [1.82, 2.24) is 15.1 Å². The Morgan fingerprint density at radius 3 is 2.71 bits per heavy atom. The molecule has 0 bridgehead atoms. The Kier molecular flexibility index (Phi) is 3.88. The van der Waals surface area contributed by atoms with Gasteiger partial charge in [0.2, 0.25) is 5.13 Å². The van der Waals surface area contributed by atoms with Crippen LogP contribution in [0.5, 0.6) is 5.19 Å². The highest BCUT2D eigenvalue weighted by atomic mass is 32.1. The number of aromatic nitrogens is 2. The molecule has 1 aromatic heterocycles. The summed E-state index contributed by atoms with van der Waals surface area (Å²) in [6.07, 6.45) is 4.91. The number of methoxy groups -OCH3 is 1. The van der Waals surface area contributed by atoms with Crippen molar-refractivity contribution in [3.8, 4) is 5.19 Å². The van der Waals surface area contributed by atoms with E-state index in [1.54, 1.807) is 0 Å². The molecule has 1 atom stereocenters. The van der Waals surface area contributed by atoms with Crippen molar-refractivity contribution >= 4 is 22.5 Å². The largest absolute Gasteiger partial charge is 0.472 e. The van der Waals surface area contributed by atoms with E-state index >= 15 is 0 Å². The van der Waals surface area contributed by atoms with Crippen LogP contribution in [0.1, 0.15) is 37.3 Å². The van der Waals surface area contributed by atoms with Crippen molar-refractivity contribution in [3.63, 3.8) is 0 Å². The summed E-state index contributed by atoms with van der Waals surface area (Å²) in [6, 6.07) is 10.4. The Labute approximate surface area is 144 Å². The summed E-state index contributed by atoms with van der Waals surface area (Å²) in [7, 11) is 1.54. The van der Waals surface area contributed by atoms with Crippen LogP contribution in [-0.2, 0) is 0 Å². The molecule has 1 aromatic carbocycles. The van der Waals surface area contributed by atoms with E-state index in [0.717, 1.165) is 6.54 Å². The molecule has 1 N–H and O–H groups in total. The molecule has 1 saturated heterocycles. The highest BCUT2D eigenvalue weighted by Gasteiger charge is 2.55. The number of carbonyl (C=O) groups is 1. The minimum atomic E-state index is -0.111. The van der Waals surface area contributed by atoms with Crippen LogP contribution in [0.15, 0.2) is 30.3 Å². The monoisotopic (exact) mass is 344 g/mol. The van der Waals surface area contributed by atoms with Gasteiger partial charge in [0.25, 0.3) is 5.19 Å². The number of carbonyl (C=O) groups excluding carboxylic acids is 1. The number of nitrogens with one attached hydrogen (secondary N) is 1. The van der Waals surface area contributed by atoms with Gasteiger partial charge in [-0.05, 0) is 29.7 Å². The molecule has 1 aliphatic carbocycles. The predicted octanol–water partition coefficient (Wildman–Crippen LogP) is 3.70. The summed E-state index contributed by atoms with van der Waals surface area (Å²) in [5, 5.41) is 11.6. The van der Waals surface area contributed by atoms with E-state index in [9.17, 15) is 4.79 Å². The molecule has 1 unspecified atom stereocenters. The number of ether oxygens (including phenoxy) is 1. The third-order valence-electron chi connectivity index (χ3n) is 5.15. The first kappa shape index (κ1) is 15.4. The van der Waals surface area contributed by atoms with Crippen molar-refractivity contribution in [3.05, 3.63) is 35.9 Å². The fraction of sp³-hybridized carbons (Fsp3) is 0.471. The smallest absolute Gasteiger partial charge is 0.324 e. The zero-order valence-corrected chi connectivity index (χ0v) is 14.4. The number of amides is 2. The summed E-state index contributed by atoms with van der Waals surface area (Å²) < 4.78 is 5.02. The second-order valence-corrected chi connectivity index (χ2v) is 7.46. The topological polar surface area (TPSA) is 67.4 Å². The standard InChI is InChI=1S/C17H20N4O2S/c1-23-16-20-19-14(24-16)18-15(22)21-11-17(9-5-6-10-17)13(21)12-7-3-2-4-8-12/h2-4,7-8,13H,5-6,9-11H2,1H3,(H,18,19,22). The van der Waals surface area contributed by atoms with Gasteiger partial charge in [-0.25, -0.2) is 4.79 Å². The van der Waals surface area contributed by atoms with E-state index in [4.69, 9.17) is 4.74 Å². The minimum Gasteiger partial charge on any atom is -0.472 e. The average Bonchev–Trinajstić information content (AvgIpc) is 3.24. The molecule has 2 fully saturated rings. The summed E-state index contributed by atoms with van der Waals surface area (Å²) in [5.74, 6) is 0. The van der Waals surface area contributed by atoms with Crippen molar-refractivity contribution in [2.45, 2.75) is 31.7 Å². The van der Waals surface area contributed by atoms with Gasteiger partial charge in [0, 0.05) is 12.0 Å². The summed E-state index contributed by atoms with van der Waals surface area (Å²) in [5.41, 5.74) is 1.47. The van der Waals surface area contributed by atoms with Gasteiger partial charge in [-0.15, -0.1) is 5.10 Å². The zero-order valence-electron chi connectivity index (χ0n) is 13.6. The predicted molar refractivity (Wildman–Crippen MR) is 92.3 cm³/mol. The van der Waals surface area contributed by atoms with Crippen LogP contribution in [0.25, 0.3) is 0 Å². The Morgan fingerprint density at radius 1 is 1.29 bits per heavy atom. The lowest BCUT2D eigenvalue weighted by atomic mass is 9.67. The van der Waals surface area contributed by atoms with Gasteiger partial charge >= 0.3 is 6.03 Å². The summed E-state index contributed by atoms with van der Waals surface area (Å²) in [4.78, 5) is 14.7.